The molecule has 2 rings (SSSR count). The molecule has 1 saturated heterocycles. The quantitative estimate of drug-likeness (QED) is 0.800. The van der Waals surface area contributed by atoms with E-state index in [9.17, 15) is 8.42 Å². The van der Waals surface area contributed by atoms with Crippen molar-refractivity contribution >= 4 is 15.7 Å². The van der Waals surface area contributed by atoms with E-state index in [-0.39, 0.29) is 16.6 Å². The van der Waals surface area contributed by atoms with Crippen molar-refractivity contribution in [3.8, 4) is 6.07 Å². The van der Waals surface area contributed by atoms with Crippen molar-refractivity contribution in [2.24, 2.45) is 0 Å². The number of benzene rings is 1. The second kappa shape index (κ2) is 5.40. The average molecular weight is 294 g/mol. The molecule has 7 heteroatoms. The van der Waals surface area contributed by atoms with E-state index in [1.807, 2.05) is 20.0 Å². The van der Waals surface area contributed by atoms with Crippen LogP contribution in [-0.4, -0.2) is 50.3 Å². The van der Waals surface area contributed by atoms with Gasteiger partial charge in [-0.05, 0) is 32.2 Å². The largest absolute Gasteiger partial charge is 0.398 e. The highest BCUT2D eigenvalue weighted by Crippen LogP contribution is 2.26. The van der Waals surface area contributed by atoms with Crippen molar-refractivity contribution in [3.05, 3.63) is 23.8 Å². The molecule has 0 spiro atoms. The first-order valence-electron chi connectivity index (χ1n) is 6.36. The fourth-order valence-corrected chi connectivity index (χ4v) is 4.17. The zero-order valence-corrected chi connectivity index (χ0v) is 12.4. The number of piperazine rings is 1. The van der Waals surface area contributed by atoms with Crippen LogP contribution in [0.15, 0.2) is 23.1 Å². The summed E-state index contributed by atoms with van der Waals surface area (Å²) in [5.41, 5.74) is 6.27. The molecule has 0 radical (unpaired) electrons. The van der Waals surface area contributed by atoms with Crippen LogP contribution < -0.4 is 5.73 Å². The number of hydrogen-bond donors (Lipinski definition) is 1. The highest BCUT2D eigenvalue weighted by Gasteiger charge is 2.33. The van der Waals surface area contributed by atoms with E-state index >= 15 is 0 Å². The first kappa shape index (κ1) is 14.8. The van der Waals surface area contributed by atoms with Crippen LogP contribution in [0.1, 0.15) is 12.5 Å². The fraction of sp³-hybridized carbons (Fsp3) is 0.462. The molecule has 1 aliphatic rings. The van der Waals surface area contributed by atoms with Gasteiger partial charge in [0.1, 0.15) is 4.90 Å². The van der Waals surface area contributed by atoms with Gasteiger partial charge in [-0.3, -0.25) is 0 Å². The van der Waals surface area contributed by atoms with E-state index < -0.39 is 10.0 Å². The van der Waals surface area contributed by atoms with Gasteiger partial charge in [0.25, 0.3) is 0 Å². The zero-order chi connectivity index (χ0) is 14.9. The molecule has 0 aromatic heterocycles. The maximum atomic E-state index is 12.7. The summed E-state index contributed by atoms with van der Waals surface area (Å²) in [5.74, 6) is 0. The number of likely N-dealkylation sites (N-methyl/N-ethyl adjacent to an activating group) is 1. The second-order valence-electron chi connectivity index (χ2n) is 5.09. The molecule has 1 heterocycles. The summed E-state index contributed by atoms with van der Waals surface area (Å²) in [6.45, 7) is 3.71. The molecule has 108 valence electrons. The Morgan fingerprint density at radius 3 is 2.65 bits per heavy atom. The number of hydrogen-bond acceptors (Lipinski definition) is 5. The summed E-state index contributed by atoms with van der Waals surface area (Å²) in [5, 5.41) is 8.80. The highest BCUT2D eigenvalue weighted by atomic mass is 32.2. The first-order chi connectivity index (χ1) is 9.36. The van der Waals surface area contributed by atoms with E-state index in [0.717, 1.165) is 0 Å². The summed E-state index contributed by atoms with van der Waals surface area (Å²) in [6, 6.07) is 6.13. The number of nitrogen functional groups attached to an aromatic ring is 1. The Bertz CT molecular complexity index is 651. The molecular weight excluding hydrogens is 276 g/mol. The Hall–Kier alpha value is -1.62. The van der Waals surface area contributed by atoms with Gasteiger partial charge < -0.3 is 10.6 Å². The lowest BCUT2D eigenvalue weighted by Gasteiger charge is -2.37. The number of nitrogens with zero attached hydrogens (tertiary/aromatic N) is 3. The van der Waals surface area contributed by atoms with Gasteiger partial charge in [-0.1, -0.05) is 0 Å². The van der Waals surface area contributed by atoms with Crippen LogP contribution >= 0.6 is 0 Å². The number of nitriles is 1. The zero-order valence-electron chi connectivity index (χ0n) is 11.6. The van der Waals surface area contributed by atoms with Crippen molar-refractivity contribution in [3.63, 3.8) is 0 Å². The van der Waals surface area contributed by atoms with Crippen LogP contribution in [0.2, 0.25) is 0 Å². The number of rotatable bonds is 2. The summed E-state index contributed by atoms with van der Waals surface area (Å²) < 4.78 is 26.8. The van der Waals surface area contributed by atoms with Crippen molar-refractivity contribution < 1.29 is 8.42 Å². The van der Waals surface area contributed by atoms with E-state index in [4.69, 9.17) is 11.0 Å². The van der Waals surface area contributed by atoms with E-state index in [0.29, 0.717) is 25.2 Å². The van der Waals surface area contributed by atoms with E-state index in [1.54, 1.807) is 0 Å². The molecule has 1 unspecified atom stereocenters. The highest BCUT2D eigenvalue weighted by molar-refractivity contribution is 7.89. The molecule has 1 atom stereocenters. The smallest absolute Gasteiger partial charge is 0.245 e. The van der Waals surface area contributed by atoms with Crippen LogP contribution in [-0.2, 0) is 10.0 Å². The van der Waals surface area contributed by atoms with Crippen molar-refractivity contribution in [1.82, 2.24) is 9.21 Å². The lowest BCUT2D eigenvalue weighted by atomic mass is 10.2. The third-order valence-corrected chi connectivity index (χ3v) is 5.58. The van der Waals surface area contributed by atoms with Gasteiger partial charge in [0.15, 0.2) is 0 Å². The molecule has 0 saturated carbocycles. The van der Waals surface area contributed by atoms with Crippen LogP contribution in [0.3, 0.4) is 0 Å². The van der Waals surface area contributed by atoms with Crippen LogP contribution in [0, 0.1) is 11.3 Å². The molecule has 20 heavy (non-hydrogen) atoms. The minimum atomic E-state index is -3.62. The third kappa shape index (κ3) is 2.63. The Balaban J connectivity index is 2.38. The Morgan fingerprint density at radius 2 is 2.10 bits per heavy atom. The lowest BCUT2D eigenvalue weighted by Crippen LogP contribution is -2.52. The SMILES string of the molecule is CC1CN(C)CCN1S(=O)(=O)c1ccc(C#N)cc1N. The standard InChI is InChI=1S/C13H18N4O2S/c1-10-9-16(2)5-6-17(10)20(18,19)13-4-3-11(8-14)7-12(13)15/h3-4,7,10H,5-6,9,15H2,1-2H3. The van der Waals surface area contributed by atoms with Crippen molar-refractivity contribution in [1.29, 1.82) is 5.26 Å². The normalized spacial score (nSPS) is 21.6. The molecule has 6 nitrogen and oxygen atoms in total. The molecule has 0 bridgehead atoms. The summed E-state index contributed by atoms with van der Waals surface area (Å²) in [6.07, 6.45) is 0. The summed E-state index contributed by atoms with van der Waals surface area (Å²) >= 11 is 0. The Morgan fingerprint density at radius 1 is 1.40 bits per heavy atom. The maximum Gasteiger partial charge on any atom is 0.245 e. The molecule has 0 aliphatic carbocycles. The Kier molecular flexibility index (Phi) is 3.99. The van der Waals surface area contributed by atoms with Gasteiger partial charge in [0, 0.05) is 25.7 Å². The van der Waals surface area contributed by atoms with E-state index in [1.165, 1.54) is 22.5 Å². The van der Waals surface area contributed by atoms with Gasteiger partial charge in [-0.15, -0.1) is 0 Å². The fourth-order valence-electron chi connectivity index (χ4n) is 2.46. The molecule has 1 fully saturated rings. The third-order valence-electron chi connectivity index (χ3n) is 3.50. The summed E-state index contributed by atoms with van der Waals surface area (Å²) in [4.78, 5) is 2.17. The second-order valence-corrected chi connectivity index (χ2v) is 6.95. The van der Waals surface area contributed by atoms with Crippen molar-refractivity contribution in [2.75, 3.05) is 32.4 Å². The lowest BCUT2D eigenvalue weighted by molar-refractivity contribution is 0.170. The van der Waals surface area contributed by atoms with Gasteiger partial charge in [-0.25, -0.2) is 8.42 Å². The van der Waals surface area contributed by atoms with Crippen LogP contribution in [0.4, 0.5) is 5.69 Å². The predicted molar refractivity (Wildman–Crippen MR) is 76.4 cm³/mol. The van der Waals surface area contributed by atoms with Gasteiger partial charge in [0.05, 0.1) is 17.3 Å². The topological polar surface area (TPSA) is 90.4 Å². The van der Waals surface area contributed by atoms with E-state index in [2.05, 4.69) is 4.90 Å². The number of anilines is 1. The molecule has 2 N–H and O–H groups in total. The first-order valence-corrected chi connectivity index (χ1v) is 7.80. The minimum absolute atomic E-state index is 0.0768. The van der Waals surface area contributed by atoms with Crippen LogP contribution in [0.5, 0.6) is 0 Å². The molecular formula is C13H18N4O2S. The minimum Gasteiger partial charge on any atom is -0.398 e. The summed E-state index contributed by atoms with van der Waals surface area (Å²) in [7, 11) is -1.65. The van der Waals surface area contributed by atoms with Crippen LogP contribution in [0.25, 0.3) is 0 Å². The Labute approximate surface area is 119 Å². The van der Waals surface area contributed by atoms with Gasteiger partial charge in [-0.2, -0.15) is 9.57 Å². The molecule has 1 aromatic carbocycles. The monoisotopic (exact) mass is 294 g/mol. The van der Waals surface area contributed by atoms with Crippen molar-refractivity contribution in [2.45, 2.75) is 17.9 Å². The molecule has 0 amide bonds. The van der Waals surface area contributed by atoms with Gasteiger partial charge in [0.2, 0.25) is 10.0 Å². The molecule has 1 aromatic rings. The number of nitrogens with two attached hydrogens (primary N) is 1. The maximum absolute atomic E-state index is 12.7. The average Bonchev–Trinajstić information content (AvgIpc) is 2.37. The molecule has 1 aliphatic heterocycles. The predicted octanol–water partition coefficient (Wildman–Crippen LogP) is 0.465. The number of sulfonamides is 1. The van der Waals surface area contributed by atoms with Gasteiger partial charge >= 0.3 is 0 Å².